The van der Waals surface area contributed by atoms with Crippen molar-refractivity contribution in [3.8, 4) is 5.75 Å². The van der Waals surface area contributed by atoms with E-state index in [0.717, 1.165) is 51.9 Å². The summed E-state index contributed by atoms with van der Waals surface area (Å²) in [4.78, 5) is 0. The van der Waals surface area contributed by atoms with E-state index in [1.807, 2.05) is 26.0 Å². The van der Waals surface area contributed by atoms with Crippen molar-refractivity contribution in [2.45, 2.75) is 38.7 Å². The molecule has 21 heavy (non-hydrogen) atoms. The number of hydrogen-bond donors (Lipinski definition) is 1. The van der Waals surface area contributed by atoms with Gasteiger partial charge in [-0.25, -0.2) is 0 Å². The number of methoxy groups -OCH3 is 1. The average molecular weight is 286 g/mol. The van der Waals surface area contributed by atoms with Crippen LogP contribution in [0.3, 0.4) is 0 Å². The monoisotopic (exact) mass is 286 g/mol. The normalized spacial score (nSPS) is 16.8. The lowest BCUT2D eigenvalue weighted by Gasteiger charge is -2.11. The summed E-state index contributed by atoms with van der Waals surface area (Å²) in [6.45, 7) is 3.84. The van der Waals surface area contributed by atoms with Gasteiger partial charge in [-0.1, -0.05) is 0 Å². The third kappa shape index (κ3) is 1.86. The zero-order valence-corrected chi connectivity index (χ0v) is 12.4. The van der Waals surface area contributed by atoms with Crippen molar-refractivity contribution in [2.75, 3.05) is 7.11 Å². The van der Waals surface area contributed by atoms with Gasteiger partial charge in [-0.2, -0.15) is 0 Å². The summed E-state index contributed by atoms with van der Waals surface area (Å²) < 4.78 is 17.3. The number of aliphatic hydroxyl groups is 1. The molecule has 4 rings (SSSR count). The molecule has 0 bridgehead atoms. The minimum absolute atomic E-state index is 0.583. The van der Waals surface area contributed by atoms with Gasteiger partial charge in [0.25, 0.3) is 0 Å². The van der Waals surface area contributed by atoms with Gasteiger partial charge in [0.1, 0.15) is 17.1 Å². The molecular weight excluding hydrogens is 268 g/mol. The summed E-state index contributed by atoms with van der Waals surface area (Å²) in [7, 11) is 1.64. The SMILES string of the molecule is COc1c2cc(C)oc2c(CC2(O)CC2)c2cc(C)oc12. The summed E-state index contributed by atoms with van der Waals surface area (Å²) in [5, 5.41) is 12.2. The molecule has 0 aliphatic heterocycles. The zero-order valence-electron chi connectivity index (χ0n) is 12.4. The lowest BCUT2D eigenvalue weighted by molar-refractivity contribution is 0.151. The van der Waals surface area contributed by atoms with Crippen molar-refractivity contribution >= 4 is 21.9 Å². The zero-order chi connectivity index (χ0) is 14.8. The Hall–Kier alpha value is -1.94. The Morgan fingerprint density at radius 1 is 1.10 bits per heavy atom. The van der Waals surface area contributed by atoms with E-state index in [0.29, 0.717) is 12.2 Å². The molecule has 4 heteroatoms. The Balaban J connectivity index is 2.11. The van der Waals surface area contributed by atoms with Crippen molar-refractivity contribution in [3.05, 3.63) is 29.2 Å². The summed E-state index contributed by atoms with van der Waals surface area (Å²) >= 11 is 0. The Kier molecular flexibility index (Phi) is 2.46. The second kappa shape index (κ2) is 4.04. The first-order valence-corrected chi connectivity index (χ1v) is 7.22. The number of aryl methyl sites for hydroxylation is 2. The van der Waals surface area contributed by atoms with E-state index in [1.165, 1.54) is 0 Å². The summed E-state index contributed by atoms with van der Waals surface area (Å²) in [5.41, 5.74) is 1.98. The minimum atomic E-state index is -0.583. The Labute approximate surface area is 122 Å². The smallest absolute Gasteiger partial charge is 0.177 e. The third-order valence-electron chi connectivity index (χ3n) is 4.30. The van der Waals surface area contributed by atoms with Gasteiger partial charge in [0.05, 0.1) is 18.1 Å². The molecule has 3 aromatic rings. The summed E-state index contributed by atoms with van der Waals surface area (Å²) in [6, 6.07) is 3.96. The first kappa shape index (κ1) is 12.8. The van der Waals surface area contributed by atoms with Crippen molar-refractivity contribution in [3.63, 3.8) is 0 Å². The molecule has 1 fully saturated rings. The number of ether oxygens (including phenoxy) is 1. The molecule has 110 valence electrons. The fraction of sp³-hybridized carbons (Fsp3) is 0.412. The number of furan rings is 2. The summed E-state index contributed by atoms with van der Waals surface area (Å²) in [5.74, 6) is 2.37. The van der Waals surface area contributed by atoms with Gasteiger partial charge in [0.15, 0.2) is 11.3 Å². The highest BCUT2D eigenvalue weighted by atomic mass is 16.5. The Bertz CT molecular complexity index is 791. The first-order valence-electron chi connectivity index (χ1n) is 7.22. The van der Waals surface area contributed by atoms with E-state index >= 15 is 0 Å². The van der Waals surface area contributed by atoms with Gasteiger partial charge in [0.2, 0.25) is 0 Å². The van der Waals surface area contributed by atoms with Crippen molar-refractivity contribution in [1.82, 2.24) is 0 Å². The molecule has 1 aliphatic rings. The van der Waals surface area contributed by atoms with Crippen LogP contribution in [0.5, 0.6) is 5.75 Å². The van der Waals surface area contributed by atoms with E-state index in [1.54, 1.807) is 7.11 Å². The molecule has 0 unspecified atom stereocenters. The van der Waals surface area contributed by atoms with Gasteiger partial charge >= 0.3 is 0 Å². The topological polar surface area (TPSA) is 55.7 Å². The number of hydrogen-bond acceptors (Lipinski definition) is 4. The largest absolute Gasteiger partial charge is 0.492 e. The number of rotatable bonds is 3. The van der Waals surface area contributed by atoms with Crippen LogP contribution in [-0.4, -0.2) is 17.8 Å². The molecule has 2 aromatic heterocycles. The van der Waals surface area contributed by atoms with Crippen molar-refractivity contribution in [1.29, 1.82) is 0 Å². The van der Waals surface area contributed by atoms with E-state index in [9.17, 15) is 5.11 Å². The molecule has 0 spiro atoms. The van der Waals surface area contributed by atoms with Gasteiger partial charge in [0, 0.05) is 17.4 Å². The fourth-order valence-electron chi connectivity index (χ4n) is 3.09. The second-order valence-corrected chi connectivity index (χ2v) is 6.11. The van der Waals surface area contributed by atoms with Gasteiger partial charge in [-0.05, 0) is 38.8 Å². The van der Waals surface area contributed by atoms with E-state index in [2.05, 4.69) is 0 Å². The molecule has 0 saturated heterocycles. The predicted octanol–water partition coefficient (Wildman–Crippen LogP) is 3.87. The lowest BCUT2D eigenvalue weighted by Crippen LogP contribution is -2.11. The molecule has 0 radical (unpaired) electrons. The highest BCUT2D eigenvalue weighted by Gasteiger charge is 2.41. The van der Waals surface area contributed by atoms with Gasteiger partial charge in [-0.15, -0.1) is 0 Å². The molecule has 2 heterocycles. The van der Waals surface area contributed by atoms with E-state index in [4.69, 9.17) is 13.6 Å². The van der Waals surface area contributed by atoms with Gasteiger partial charge in [-0.3, -0.25) is 0 Å². The van der Waals surface area contributed by atoms with Crippen LogP contribution in [0.1, 0.15) is 29.9 Å². The predicted molar refractivity (Wildman–Crippen MR) is 79.9 cm³/mol. The van der Waals surface area contributed by atoms with Crippen LogP contribution in [0.15, 0.2) is 21.0 Å². The minimum Gasteiger partial charge on any atom is -0.492 e. The van der Waals surface area contributed by atoms with Crippen LogP contribution in [-0.2, 0) is 6.42 Å². The molecule has 0 atom stereocenters. The van der Waals surface area contributed by atoms with Crippen LogP contribution in [0.2, 0.25) is 0 Å². The highest BCUT2D eigenvalue weighted by molar-refractivity contribution is 6.04. The fourth-order valence-corrected chi connectivity index (χ4v) is 3.09. The number of fused-ring (bicyclic) bond motifs is 2. The van der Waals surface area contributed by atoms with Gasteiger partial charge < -0.3 is 18.7 Å². The summed E-state index contributed by atoms with van der Waals surface area (Å²) in [6.07, 6.45) is 2.28. The van der Waals surface area contributed by atoms with Crippen molar-refractivity contribution < 1.29 is 18.7 Å². The van der Waals surface area contributed by atoms with Crippen LogP contribution in [0.4, 0.5) is 0 Å². The average Bonchev–Trinajstić information content (AvgIpc) is 2.83. The Morgan fingerprint density at radius 2 is 1.71 bits per heavy atom. The first-order chi connectivity index (χ1) is 10.0. The molecule has 1 N–H and O–H groups in total. The maximum absolute atomic E-state index is 10.3. The maximum atomic E-state index is 10.3. The molecule has 0 amide bonds. The lowest BCUT2D eigenvalue weighted by atomic mass is 9.99. The number of benzene rings is 1. The quantitative estimate of drug-likeness (QED) is 0.794. The van der Waals surface area contributed by atoms with Crippen LogP contribution < -0.4 is 4.74 Å². The standard InChI is InChI=1S/C17H18O4/c1-9-6-11-13(8-17(18)4-5-17)14-12(7-10(2)20-14)15(19-3)16(11)21-9/h6-7,18H,4-5,8H2,1-3H3. The Morgan fingerprint density at radius 3 is 2.33 bits per heavy atom. The third-order valence-corrected chi connectivity index (χ3v) is 4.30. The van der Waals surface area contributed by atoms with Crippen LogP contribution >= 0.6 is 0 Å². The highest BCUT2D eigenvalue weighted by Crippen LogP contribution is 2.46. The van der Waals surface area contributed by atoms with E-state index < -0.39 is 5.60 Å². The van der Waals surface area contributed by atoms with Crippen LogP contribution in [0, 0.1) is 13.8 Å². The van der Waals surface area contributed by atoms with E-state index in [-0.39, 0.29) is 0 Å². The molecule has 1 aromatic carbocycles. The van der Waals surface area contributed by atoms with Crippen LogP contribution in [0.25, 0.3) is 21.9 Å². The molecule has 4 nitrogen and oxygen atoms in total. The second-order valence-electron chi connectivity index (χ2n) is 6.11. The maximum Gasteiger partial charge on any atom is 0.177 e. The molecular formula is C17H18O4. The molecule has 1 saturated carbocycles. The van der Waals surface area contributed by atoms with Crippen molar-refractivity contribution in [2.24, 2.45) is 0 Å². The molecule has 1 aliphatic carbocycles.